The van der Waals surface area contributed by atoms with Crippen molar-refractivity contribution in [3.8, 4) is 0 Å². The maximum atomic E-state index is 12.9. The Hall–Kier alpha value is -1.67. The summed E-state index contributed by atoms with van der Waals surface area (Å²) in [5, 5.41) is 0. The van der Waals surface area contributed by atoms with E-state index in [1.165, 1.54) is 17.7 Å². The van der Waals surface area contributed by atoms with Gasteiger partial charge in [0.2, 0.25) is 0 Å². The molecule has 0 bridgehead atoms. The molecule has 2 aromatic rings. The summed E-state index contributed by atoms with van der Waals surface area (Å²) in [7, 11) is 0. The van der Waals surface area contributed by atoms with Crippen molar-refractivity contribution in [1.29, 1.82) is 0 Å². The second kappa shape index (κ2) is 4.21. The molecule has 2 heteroatoms. The van der Waals surface area contributed by atoms with Gasteiger partial charge in [-0.25, -0.2) is 4.39 Å². The van der Waals surface area contributed by atoms with E-state index < -0.39 is 0 Å². The van der Waals surface area contributed by atoms with Crippen molar-refractivity contribution < 1.29 is 4.39 Å². The van der Waals surface area contributed by atoms with Crippen molar-refractivity contribution in [2.24, 2.45) is 5.73 Å². The first-order valence-corrected chi connectivity index (χ1v) is 6.26. The zero-order chi connectivity index (χ0) is 12.6. The summed E-state index contributed by atoms with van der Waals surface area (Å²) in [4.78, 5) is 0. The Morgan fingerprint density at radius 2 is 1.72 bits per heavy atom. The summed E-state index contributed by atoms with van der Waals surface area (Å²) < 4.78 is 12.9. The second-order valence-electron chi connectivity index (χ2n) is 5.20. The minimum absolute atomic E-state index is 0.154. The Bertz CT molecular complexity index is 535. The minimum Gasteiger partial charge on any atom is -0.324 e. The first kappa shape index (κ1) is 11.4. The molecule has 92 valence electrons. The van der Waals surface area contributed by atoms with Crippen molar-refractivity contribution in [2.75, 3.05) is 0 Å². The van der Waals surface area contributed by atoms with Gasteiger partial charge >= 0.3 is 0 Å². The van der Waals surface area contributed by atoms with Gasteiger partial charge in [0.15, 0.2) is 0 Å². The van der Waals surface area contributed by atoms with Crippen molar-refractivity contribution in [2.45, 2.75) is 24.3 Å². The normalized spacial score (nSPS) is 26.0. The largest absolute Gasteiger partial charge is 0.324 e. The van der Waals surface area contributed by atoms with E-state index in [0.29, 0.717) is 5.92 Å². The zero-order valence-corrected chi connectivity index (χ0v) is 10.1. The smallest absolute Gasteiger partial charge is 0.123 e. The number of benzene rings is 2. The Morgan fingerprint density at radius 3 is 2.39 bits per heavy atom. The van der Waals surface area contributed by atoms with Crippen LogP contribution in [-0.4, -0.2) is 5.54 Å². The van der Waals surface area contributed by atoms with Crippen molar-refractivity contribution in [1.82, 2.24) is 0 Å². The second-order valence-corrected chi connectivity index (χ2v) is 5.20. The average molecular weight is 241 g/mol. The van der Waals surface area contributed by atoms with Crippen LogP contribution >= 0.6 is 0 Å². The zero-order valence-electron chi connectivity index (χ0n) is 10.1. The molecular weight excluding hydrogens is 225 g/mol. The van der Waals surface area contributed by atoms with Crippen LogP contribution in [0.25, 0.3) is 0 Å². The van der Waals surface area contributed by atoms with Crippen LogP contribution < -0.4 is 5.73 Å². The van der Waals surface area contributed by atoms with E-state index in [2.05, 4.69) is 12.1 Å². The molecule has 1 saturated carbocycles. The molecule has 1 aliphatic rings. The van der Waals surface area contributed by atoms with Gasteiger partial charge in [0.1, 0.15) is 5.82 Å². The maximum Gasteiger partial charge on any atom is 0.123 e. The van der Waals surface area contributed by atoms with E-state index in [0.717, 1.165) is 18.4 Å². The summed E-state index contributed by atoms with van der Waals surface area (Å²) in [5.41, 5.74) is 8.66. The first-order valence-electron chi connectivity index (χ1n) is 6.26. The summed E-state index contributed by atoms with van der Waals surface area (Å²) in [6.45, 7) is 0. The molecule has 0 heterocycles. The molecule has 0 spiro atoms. The summed E-state index contributed by atoms with van der Waals surface area (Å²) >= 11 is 0. The topological polar surface area (TPSA) is 26.0 Å². The van der Waals surface area contributed by atoms with Crippen molar-refractivity contribution in [3.63, 3.8) is 0 Å². The lowest BCUT2D eigenvalue weighted by Gasteiger charge is -2.11. The molecule has 3 rings (SSSR count). The number of nitrogens with two attached hydrogens (primary N) is 1. The predicted octanol–water partition coefficient (Wildman–Crippen LogP) is 3.25. The van der Waals surface area contributed by atoms with Gasteiger partial charge in [-0.1, -0.05) is 42.5 Å². The molecular formula is C16H16FN. The molecule has 0 aromatic heterocycles. The molecule has 0 aliphatic heterocycles. The maximum absolute atomic E-state index is 12.9. The molecule has 2 atom stereocenters. The SMILES string of the molecule is N[C@]1(Cc2ccccc2)C[C@H]1c1ccc(F)cc1. The lowest BCUT2D eigenvalue weighted by atomic mass is 10.00. The molecule has 0 saturated heterocycles. The number of halogens is 1. The summed E-state index contributed by atoms with van der Waals surface area (Å²) in [6, 6.07) is 17.0. The highest BCUT2D eigenvalue weighted by Gasteiger charge is 2.51. The molecule has 0 radical (unpaired) electrons. The van der Waals surface area contributed by atoms with Crippen molar-refractivity contribution >= 4 is 0 Å². The van der Waals surface area contributed by atoms with Crippen LogP contribution in [-0.2, 0) is 6.42 Å². The predicted molar refractivity (Wildman–Crippen MR) is 70.8 cm³/mol. The lowest BCUT2D eigenvalue weighted by molar-refractivity contribution is 0.623. The van der Waals surface area contributed by atoms with Crippen LogP contribution in [0.3, 0.4) is 0 Å². The molecule has 0 unspecified atom stereocenters. The Kier molecular flexibility index (Phi) is 2.67. The van der Waals surface area contributed by atoms with Crippen LogP contribution in [0.5, 0.6) is 0 Å². The van der Waals surface area contributed by atoms with E-state index >= 15 is 0 Å². The van der Waals surface area contributed by atoms with E-state index in [9.17, 15) is 4.39 Å². The van der Waals surface area contributed by atoms with Crippen LogP contribution in [0.4, 0.5) is 4.39 Å². The third kappa shape index (κ3) is 2.16. The van der Waals surface area contributed by atoms with E-state index in [-0.39, 0.29) is 11.4 Å². The Labute approximate surface area is 106 Å². The quantitative estimate of drug-likeness (QED) is 0.877. The van der Waals surface area contributed by atoms with E-state index in [1.54, 1.807) is 0 Å². The van der Waals surface area contributed by atoms with Gasteiger partial charge in [-0.15, -0.1) is 0 Å². The lowest BCUT2D eigenvalue weighted by Crippen LogP contribution is -2.27. The molecule has 2 N–H and O–H groups in total. The van der Waals surface area contributed by atoms with Crippen LogP contribution in [0, 0.1) is 5.82 Å². The molecule has 0 amide bonds. The molecule has 1 nitrogen and oxygen atoms in total. The highest BCUT2D eigenvalue weighted by Crippen LogP contribution is 2.51. The van der Waals surface area contributed by atoms with Gasteiger partial charge in [-0.2, -0.15) is 0 Å². The van der Waals surface area contributed by atoms with Gasteiger partial charge in [-0.3, -0.25) is 0 Å². The molecule has 1 fully saturated rings. The van der Waals surface area contributed by atoms with Gasteiger partial charge in [0.05, 0.1) is 0 Å². The van der Waals surface area contributed by atoms with Gasteiger partial charge in [0, 0.05) is 11.5 Å². The van der Waals surface area contributed by atoms with Crippen LogP contribution in [0.2, 0.25) is 0 Å². The first-order chi connectivity index (χ1) is 8.67. The fourth-order valence-electron chi connectivity index (χ4n) is 2.64. The van der Waals surface area contributed by atoms with Gasteiger partial charge < -0.3 is 5.73 Å². The van der Waals surface area contributed by atoms with Gasteiger partial charge in [-0.05, 0) is 36.1 Å². The fraction of sp³-hybridized carbons (Fsp3) is 0.250. The van der Waals surface area contributed by atoms with Crippen LogP contribution in [0.15, 0.2) is 54.6 Å². The summed E-state index contributed by atoms with van der Waals surface area (Å²) in [5.74, 6) is 0.170. The third-order valence-electron chi connectivity index (χ3n) is 3.77. The Morgan fingerprint density at radius 1 is 1.06 bits per heavy atom. The monoisotopic (exact) mass is 241 g/mol. The average Bonchev–Trinajstić information content (AvgIpc) is 3.03. The molecule has 1 aliphatic carbocycles. The number of hydrogen-bond acceptors (Lipinski definition) is 1. The third-order valence-corrected chi connectivity index (χ3v) is 3.77. The number of hydrogen-bond donors (Lipinski definition) is 1. The number of rotatable bonds is 3. The van der Waals surface area contributed by atoms with Crippen LogP contribution in [0.1, 0.15) is 23.5 Å². The Balaban J connectivity index is 1.74. The van der Waals surface area contributed by atoms with Gasteiger partial charge in [0.25, 0.3) is 0 Å². The molecule has 18 heavy (non-hydrogen) atoms. The highest BCUT2D eigenvalue weighted by molar-refractivity contribution is 5.35. The fourth-order valence-corrected chi connectivity index (χ4v) is 2.64. The van der Waals surface area contributed by atoms with E-state index in [4.69, 9.17) is 5.73 Å². The molecule has 2 aromatic carbocycles. The minimum atomic E-state index is -0.190. The highest BCUT2D eigenvalue weighted by atomic mass is 19.1. The van der Waals surface area contributed by atoms with Crippen molar-refractivity contribution in [3.05, 3.63) is 71.5 Å². The summed E-state index contributed by atoms with van der Waals surface area (Å²) in [6.07, 6.45) is 1.86. The van der Waals surface area contributed by atoms with E-state index in [1.807, 2.05) is 30.3 Å². The standard InChI is InChI=1S/C16H16FN/c17-14-8-6-13(7-9-14)15-11-16(15,18)10-12-4-2-1-3-5-12/h1-9,15H,10-11,18H2/t15-,16+/m0/s1.